The molecule has 1 heterocycles. The van der Waals surface area contributed by atoms with Gasteiger partial charge in [0, 0.05) is 18.4 Å². The molecule has 3 N–H and O–H groups in total. The summed E-state index contributed by atoms with van der Waals surface area (Å²) in [5, 5.41) is 15.4. The highest BCUT2D eigenvalue weighted by atomic mass is 16.3. The van der Waals surface area contributed by atoms with E-state index in [1.807, 2.05) is 28.9 Å². The summed E-state index contributed by atoms with van der Waals surface area (Å²) in [6.45, 7) is 2.94. The number of benzene rings is 1. The highest BCUT2D eigenvalue weighted by Crippen LogP contribution is 2.42. The van der Waals surface area contributed by atoms with Crippen LogP contribution in [0.15, 0.2) is 30.5 Å². The minimum Gasteiger partial charge on any atom is -0.399 e. The van der Waals surface area contributed by atoms with Gasteiger partial charge in [-0.1, -0.05) is 13.0 Å². The van der Waals surface area contributed by atoms with Crippen LogP contribution in [-0.4, -0.2) is 14.9 Å². The molecule has 4 heteroatoms. The number of hydrogen-bond acceptors (Lipinski definition) is 3. The van der Waals surface area contributed by atoms with Crippen LogP contribution in [0.4, 0.5) is 5.69 Å². The number of aliphatic hydroxyl groups is 1. The molecule has 0 spiro atoms. The molecule has 0 radical (unpaired) electrons. The Morgan fingerprint density at radius 2 is 2.26 bits per heavy atom. The van der Waals surface area contributed by atoms with Crippen LogP contribution in [0.2, 0.25) is 0 Å². The Morgan fingerprint density at radius 1 is 1.42 bits per heavy atom. The number of hydrogen-bond donors (Lipinski definition) is 2. The highest BCUT2D eigenvalue weighted by Gasteiger charge is 2.40. The maximum atomic E-state index is 11.1. The lowest BCUT2D eigenvalue weighted by atomic mass is 9.92. The Bertz CT molecular complexity index is 605. The van der Waals surface area contributed by atoms with E-state index in [0.29, 0.717) is 6.42 Å². The molecule has 1 aromatic heterocycles. The van der Waals surface area contributed by atoms with Gasteiger partial charge in [-0.3, -0.25) is 4.68 Å². The second kappa shape index (κ2) is 4.38. The molecule has 1 aromatic carbocycles. The van der Waals surface area contributed by atoms with Crippen molar-refractivity contribution in [2.75, 3.05) is 5.73 Å². The number of nitrogens with two attached hydrogens (primary N) is 1. The lowest BCUT2D eigenvalue weighted by Crippen LogP contribution is -2.28. The van der Waals surface area contributed by atoms with Crippen LogP contribution >= 0.6 is 0 Å². The lowest BCUT2D eigenvalue weighted by Gasteiger charge is -2.25. The van der Waals surface area contributed by atoms with Crippen molar-refractivity contribution >= 4 is 5.69 Å². The maximum absolute atomic E-state index is 11.1. The Hall–Kier alpha value is -1.81. The molecule has 2 aromatic rings. The van der Waals surface area contributed by atoms with E-state index in [-0.39, 0.29) is 0 Å². The van der Waals surface area contributed by atoms with E-state index >= 15 is 0 Å². The largest absolute Gasteiger partial charge is 0.399 e. The number of fused-ring (bicyclic) bond motifs is 1. The zero-order valence-electron chi connectivity index (χ0n) is 11.1. The molecule has 4 nitrogen and oxygen atoms in total. The first-order chi connectivity index (χ1) is 9.15. The average Bonchev–Trinajstić information content (AvgIpc) is 2.96. The van der Waals surface area contributed by atoms with Crippen LogP contribution < -0.4 is 5.73 Å². The summed E-state index contributed by atoms with van der Waals surface area (Å²) >= 11 is 0. The molecule has 0 fully saturated rings. The van der Waals surface area contributed by atoms with Crippen LogP contribution in [0.5, 0.6) is 0 Å². The van der Waals surface area contributed by atoms with Crippen LogP contribution in [0.1, 0.15) is 36.6 Å². The standard InChI is InChI=1S/C15H19N3O/c1-2-9-18-14(6-8-17-18)15(19)7-5-11-10-12(16)3-4-13(11)15/h3-4,6,8,10,19H,2,5,7,9,16H2,1H3. The summed E-state index contributed by atoms with van der Waals surface area (Å²) in [6, 6.07) is 7.69. The second-order valence-electron chi connectivity index (χ2n) is 5.22. The lowest BCUT2D eigenvalue weighted by molar-refractivity contribution is 0.0726. The third-order valence-corrected chi connectivity index (χ3v) is 3.91. The molecule has 0 aliphatic heterocycles. The van der Waals surface area contributed by atoms with Crippen molar-refractivity contribution < 1.29 is 5.11 Å². The topological polar surface area (TPSA) is 64.1 Å². The Kier molecular flexibility index (Phi) is 2.82. The molecule has 1 aliphatic carbocycles. The molecular weight excluding hydrogens is 238 g/mol. The van der Waals surface area contributed by atoms with Gasteiger partial charge in [-0.05, 0) is 48.6 Å². The van der Waals surface area contributed by atoms with Gasteiger partial charge in [0.25, 0.3) is 0 Å². The maximum Gasteiger partial charge on any atom is 0.132 e. The van der Waals surface area contributed by atoms with E-state index in [2.05, 4.69) is 12.0 Å². The van der Waals surface area contributed by atoms with Gasteiger partial charge in [-0.2, -0.15) is 5.10 Å². The fourth-order valence-electron chi connectivity index (χ4n) is 3.01. The van der Waals surface area contributed by atoms with Gasteiger partial charge in [-0.15, -0.1) is 0 Å². The van der Waals surface area contributed by atoms with Gasteiger partial charge in [0.15, 0.2) is 0 Å². The van der Waals surface area contributed by atoms with Crippen molar-refractivity contribution in [3.05, 3.63) is 47.3 Å². The molecule has 19 heavy (non-hydrogen) atoms. The van der Waals surface area contributed by atoms with Crippen molar-refractivity contribution in [2.45, 2.75) is 38.3 Å². The van der Waals surface area contributed by atoms with E-state index in [1.165, 1.54) is 0 Å². The SMILES string of the molecule is CCCn1nccc1C1(O)CCc2cc(N)ccc21. The van der Waals surface area contributed by atoms with E-state index in [4.69, 9.17) is 5.73 Å². The zero-order chi connectivity index (χ0) is 13.5. The molecule has 0 saturated heterocycles. The average molecular weight is 257 g/mol. The summed E-state index contributed by atoms with van der Waals surface area (Å²) in [7, 11) is 0. The zero-order valence-corrected chi connectivity index (χ0v) is 11.1. The third-order valence-electron chi connectivity index (χ3n) is 3.91. The first-order valence-electron chi connectivity index (χ1n) is 6.78. The molecule has 1 aliphatic rings. The number of anilines is 1. The summed E-state index contributed by atoms with van der Waals surface area (Å²) < 4.78 is 1.91. The van der Waals surface area contributed by atoms with Crippen molar-refractivity contribution in [1.82, 2.24) is 9.78 Å². The van der Waals surface area contributed by atoms with Crippen molar-refractivity contribution in [1.29, 1.82) is 0 Å². The van der Waals surface area contributed by atoms with Gasteiger partial charge in [0.2, 0.25) is 0 Å². The van der Waals surface area contributed by atoms with Gasteiger partial charge >= 0.3 is 0 Å². The molecule has 0 saturated carbocycles. The normalized spacial score (nSPS) is 21.6. The number of aromatic nitrogens is 2. The molecule has 0 amide bonds. The van der Waals surface area contributed by atoms with Crippen LogP contribution in [0.3, 0.4) is 0 Å². The van der Waals surface area contributed by atoms with E-state index in [0.717, 1.165) is 41.9 Å². The first-order valence-corrected chi connectivity index (χ1v) is 6.78. The fourth-order valence-corrected chi connectivity index (χ4v) is 3.01. The smallest absolute Gasteiger partial charge is 0.132 e. The first kappa shape index (κ1) is 12.2. The number of nitrogens with zero attached hydrogens (tertiary/aromatic N) is 2. The molecule has 3 rings (SSSR count). The van der Waals surface area contributed by atoms with Gasteiger partial charge in [0.05, 0.1) is 5.69 Å². The Balaban J connectivity index is 2.08. The second-order valence-corrected chi connectivity index (χ2v) is 5.22. The molecular formula is C15H19N3O. The van der Waals surface area contributed by atoms with Gasteiger partial charge < -0.3 is 10.8 Å². The van der Waals surface area contributed by atoms with Gasteiger partial charge in [0.1, 0.15) is 5.60 Å². The molecule has 1 unspecified atom stereocenters. The van der Waals surface area contributed by atoms with Crippen LogP contribution in [0, 0.1) is 0 Å². The predicted molar refractivity (Wildman–Crippen MR) is 74.7 cm³/mol. The van der Waals surface area contributed by atoms with Crippen molar-refractivity contribution in [3.8, 4) is 0 Å². The van der Waals surface area contributed by atoms with E-state index < -0.39 is 5.60 Å². The van der Waals surface area contributed by atoms with E-state index in [1.54, 1.807) is 6.20 Å². The Labute approximate surface area is 112 Å². The molecule has 0 bridgehead atoms. The number of nitrogen functional groups attached to an aromatic ring is 1. The van der Waals surface area contributed by atoms with Gasteiger partial charge in [-0.25, -0.2) is 0 Å². The number of aryl methyl sites for hydroxylation is 2. The van der Waals surface area contributed by atoms with Crippen LogP contribution in [-0.2, 0) is 18.6 Å². The minimum atomic E-state index is -0.922. The summed E-state index contributed by atoms with van der Waals surface area (Å²) in [4.78, 5) is 0. The number of rotatable bonds is 3. The molecule has 100 valence electrons. The van der Waals surface area contributed by atoms with E-state index in [9.17, 15) is 5.11 Å². The predicted octanol–water partition coefficient (Wildman–Crippen LogP) is 2.06. The monoisotopic (exact) mass is 257 g/mol. The Morgan fingerprint density at radius 3 is 3.05 bits per heavy atom. The summed E-state index contributed by atoms with van der Waals surface area (Å²) in [5.41, 5.74) is 8.65. The summed E-state index contributed by atoms with van der Waals surface area (Å²) in [5.74, 6) is 0. The fraction of sp³-hybridized carbons (Fsp3) is 0.400. The van der Waals surface area contributed by atoms with Crippen LogP contribution in [0.25, 0.3) is 0 Å². The highest BCUT2D eigenvalue weighted by molar-refractivity contribution is 5.51. The third kappa shape index (κ3) is 1.83. The van der Waals surface area contributed by atoms with Crippen molar-refractivity contribution in [3.63, 3.8) is 0 Å². The van der Waals surface area contributed by atoms with Crippen molar-refractivity contribution in [2.24, 2.45) is 0 Å². The quantitative estimate of drug-likeness (QED) is 0.827. The summed E-state index contributed by atoms with van der Waals surface area (Å²) in [6.07, 6.45) is 4.31. The minimum absolute atomic E-state index is 0.696. The molecule has 1 atom stereocenters.